The molecule has 0 aliphatic heterocycles. The van der Waals surface area contributed by atoms with Gasteiger partial charge in [0.25, 0.3) is 11.8 Å². The van der Waals surface area contributed by atoms with E-state index in [0.717, 1.165) is 0 Å². The second-order valence-corrected chi connectivity index (χ2v) is 4.94. The minimum atomic E-state index is -0.300. The predicted molar refractivity (Wildman–Crippen MR) is 90.8 cm³/mol. The zero-order valence-electron chi connectivity index (χ0n) is 12.6. The summed E-state index contributed by atoms with van der Waals surface area (Å²) in [4.78, 5) is 32.3. The molecule has 0 atom stereocenters. The summed E-state index contributed by atoms with van der Waals surface area (Å²) in [5, 5.41) is 5.55. The van der Waals surface area contributed by atoms with Crippen LogP contribution < -0.4 is 10.6 Å². The Morgan fingerprint density at radius 1 is 0.667 bits per heavy atom. The molecule has 2 aromatic heterocycles. The van der Waals surface area contributed by atoms with E-state index in [1.807, 2.05) is 0 Å². The molecule has 0 saturated carbocycles. The van der Waals surface area contributed by atoms with Crippen molar-refractivity contribution < 1.29 is 9.59 Å². The molecule has 2 amide bonds. The molecule has 0 fully saturated rings. The minimum absolute atomic E-state index is 0.300. The van der Waals surface area contributed by atoms with Crippen LogP contribution in [0.2, 0.25) is 0 Å². The van der Waals surface area contributed by atoms with Crippen molar-refractivity contribution >= 4 is 23.2 Å². The fourth-order valence-electron chi connectivity index (χ4n) is 2.08. The number of hydrogen-bond acceptors (Lipinski definition) is 4. The number of amides is 2. The van der Waals surface area contributed by atoms with Crippen LogP contribution in [0.15, 0.2) is 73.3 Å². The van der Waals surface area contributed by atoms with Crippen LogP contribution in [-0.4, -0.2) is 21.8 Å². The number of hydrogen-bond donors (Lipinski definition) is 2. The summed E-state index contributed by atoms with van der Waals surface area (Å²) >= 11 is 0. The first kappa shape index (κ1) is 15.4. The molecule has 0 spiro atoms. The number of rotatable bonds is 4. The van der Waals surface area contributed by atoms with Gasteiger partial charge in [0.15, 0.2) is 0 Å². The average molecular weight is 318 g/mol. The zero-order valence-corrected chi connectivity index (χ0v) is 12.6. The standard InChI is InChI=1S/C18H14N4O2/c23-17(13-5-3-9-19-11-13)21-15-7-1-2-8-16(15)22-18(24)14-6-4-10-20-12-14/h1-12H,(H,21,23)(H,22,24). The Kier molecular flexibility index (Phi) is 4.57. The lowest BCUT2D eigenvalue weighted by molar-refractivity contribution is 0.101. The van der Waals surface area contributed by atoms with Crippen LogP contribution in [0.5, 0.6) is 0 Å². The van der Waals surface area contributed by atoms with E-state index in [2.05, 4.69) is 20.6 Å². The third-order valence-electron chi connectivity index (χ3n) is 3.27. The summed E-state index contributed by atoms with van der Waals surface area (Å²) in [6.45, 7) is 0. The number of benzene rings is 1. The third kappa shape index (κ3) is 3.61. The van der Waals surface area contributed by atoms with Crippen molar-refractivity contribution in [3.05, 3.63) is 84.4 Å². The van der Waals surface area contributed by atoms with E-state index in [0.29, 0.717) is 22.5 Å². The number of nitrogens with one attached hydrogen (secondary N) is 2. The van der Waals surface area contributed by atoms with Crippen molar-refractivity contribution in [2.24, 2.45) is 0 Å². The molecule has 2 N–H and O–H groups in total. The lowest BCUT2D eigenvalue weighted by Crippen LogP contribution is -2.17. The van der Waals surface area contributed by atoms with E-state index in [4.69, 9.17) is 0 Å². The van der Waals surface area contributed by atoms with E-state index in [-0.39, 0.29) is 11.8 Å². The zero-order chi connectivity index (χ0) is 16.8. The van der Waals surface area contributed by atoms with Crippen molar-refractivity contribution in [3.8, 4) is 0 Å². The van der Waals surface area contributed by atoms with Crippen molar-refractivity contribution in [1.82, 2.24) is 9.97 Å². The van der Waals surface area contributed by atoms with Gasteiger partial charge in [-0.3, -0.25) is 19.6 Å². The molecule has 24 heavy (non-hydrogen) atoms. The molecule has 0 unspecified atom stereocenters. The number of aromatic nitrogens is 2. The molecule has 118 valence electrons. The first-order valence-corrected chi connectivity index (χ1v) is 7.26. The molecule has 0 aliphatic carbocycles. The van der Waals surface area contributed by atoms with Crippen LogP contribution in [-0.2, 0) is 0 Å². The van der Waals surface area contributed by atoms with Gasteiger partial charge in [-0.1, -0.05) is 12.1 Å². The van der Waals surface area contributed by atoms with Gasteiger partial charge < -0.3 is 10.6 Å². The first-order chi connectivity index (χ1) is 11.7. The molecule has 6 nitrogen and oxygen atoms in total. The van der Waals surface area contributed by atoms with Gasteiger partial charge in [-0.25, -0.2) is 0 Å². The minimum Gasteiger partial charge on any atom is -0.320 e. The molecule has 6 heteroatoms. The van der Waals surface area contributed by atoms with Crippen LogP contribution in [0, 0.1) is 0 Å². The number of nitrogens with zero attached hydrogens (tertiary/aromatic N) is 2. The predicted octanol–water partition coefficient (Wildman–Crippen LogP) is 2.98. The Labute approximate surface area is 138 Å². The summed E-state index contributed by atoms with van der Waals surface area (Å²) in [6, 6.07) is 13.7. The van der Waals surface area contributed by atoms with Gasteiger partial charge in [-0.05, 0) is 36.4 Å². The molecule has 3 rings (SSSR count). The Balaban J connectivity index is 1.78. The monoisotopic (exact) mass is 318 g/mol. The van der Waals surface area contributed by atoms with Crippen molar-refractivity contribution in [2.45, 2.75) is 0 Å². The molecule has 1 aromatic carbocycles. The largest absolute Gasteiger partial charge is 0.320 e. The molecule has 2 heterocycles. The van der Waals surface area contributed by atoms with Gasteiger partial charge in [0, 0.05) is 24.8 Å². The summed E-state index contributed by atoms with van der Waals surface area (Å²) in [5.74, 6) is -0.600. The van der Waals surface area contributed by atoms with Crippen LogP contribution >= 0.6 is 0 Å². The van der Waals surface area contributed by atoms with Crippen molar-refractivity contribution in [2.75, 3.05) is 10.6 Å². The fraction of sp³-hybridized carbons (Fsp3) is 0. The van der Waals surface area contributed by atoms with Gasteiger partial charge in [0.05, 0.1) is 22.5 Å². The maximum absolute atomic E-state index is 12.2. The SMILES string of the molecule is O=C(Nc1ccccc1NC(=O)c1cccnc1)c1cccnc1. The number of anilines is 2. The fourth-order valence-corrected chi connectivity index (χ4v) is 2.08. The molecule has 0 saturated heterocycles. The molecule has 0 aliphatic rings. The van der Waals surface area contributed by atoms with Gasteiger partial charge >= 0.3 is 0 Å². The Morgan fingerprint density at radius 3 is 1.50 bits per heavy atom. The first-order valence-electron chi connectivity index (χ1n) is 7.26. The van der Waals surface area contributed by atoms with Gasteiger partial charge in [-0.2, -0.15) is 0 Å². The highest BCUT2D eigenvalue weighted by Gasteiger charge is 2.12. The molecular weight excluding hydrogens is 304 g/mol. The highest BCUT2D eigenvalue weighted by atomic mass is 16.2. The maximum atomic E-state index is 12.2. The normalized spacial score (nSPS) is 10.0. The van der Waals surface area contributed by atoms with Crippen molar-refractivity contribution in [1.29, 1.82) is 0 Å². The summed E-state index contributed by atoms with van der Waals surface area (Å²) in [7, 11) is 0. The second kappa shape index (κ2) is 7.15. The highest BCUT2D eigenvalue weighted by molar-refractivity contribution is 6.09. The van der Waals surface area contributed by atoms with E-state index >= 15 is 0 Å². The quantitative estimate of drug-likeness (QED) is 0.774. The Morgan fingerprint density at radius 2 is 1.12 bits per heavy atom. The Hall–Kier alpha value is -3.54. The highest BCUT2D eigenvalue weighted by Crippen LogP contribution is 2.22. The second-order valence-electron chi connectivity index (χ2n) is 4.94. The number of para-hydroxylation sites is 2. The van der Waals surface area contributed by atoms with E-state index in [1.54, 1.807) is 60.9 Å². The molecular formula is C18H14N4O2. The molecule has 0 bridgehead atoms. The number of pyridine rings is 2. The van der Waals surface area contributed by atoms with Crippen LogP contribution in [0.25, 0.3) is 0 Å². The van der Waals surface area contributed by atoms with Crippen LogP contribution in [0.4, 0.5) is 11.4 Å². The topological polar surface area (TPSA) is 84.0 Å². The van der Waals surface area contributed by atoms with E-state index in [1.165, 1.54) is 12.4 Å². The van der Waals surface area contributed by atoms with Gasteiger partial charge in [0.2, 0.25) is 0 Å². The van der Waals surface area contributed by atoms with E-state index < -0.39 is 0 Å². The maximum Gasteiger partial charge on any atom is 0.257 e. The summed E-state index contributed by atoms with van der Waals surface area (Å²) < 4.78 is 0. The van der Waals surface area contributed by atoms with Crippen molar-refractivity contribution in [3.63, 3.8) is 0 Å². The third-order valence-corrected chi connectivity index (χ3v) is 3.27. The lowest BCUT2D eigenvalue weighted by atomic mass is 10.2. The number of carbonyl (C=O) groups excluding carboxylic acids is 2. The van der Waals surface area contributed by atoms with Gasteiger partial charge in [0.1, 0.15) is 0 Å². The lowest BCUT2D eigenvalue weighted by Gasteiger charge is -2.12. The smallest absolute Gasteiger partial charge is 0.257 e. The molecule has 0 radical (unpaired) electrons. The summed E-state index contributed by atoms with van der Waals surface area (Å²) in [5.41, 5.74) is 1.88. The van der Waals surface area contributed by atoms with Crippen LogP contribution in [0.1, 0.15) is 20.7 Å². The summed E-state index contributed by atoms with van der Waals surface area (Å²) in [6.07, 6.45) is 6.15. The van der Waals surface area contributed by atoms with Gasteiger partial charge in [-0.15, -0.1) is 0 Å². The Bertz CT molecular complexity index is 779. The van der Waals surface area contributed by atoms with E-state index in [9.17, 15) is 9.59 Å². The molecule has 3 aromatic rings. The van der Waals surface area contributed by atoms with Crippen LogP contribution in [0.3, 0.4) is 0 Å². The average Bonchev–Trinajstić information content (AvgIpc) is 2.64. The number of carbonyl (C=O) groups is 2.